The predicted octanol–water partition coefficient (Wildman–Crippen LogP) is 3.55. The van der Waals surface area contributed by atoms with Gasteiger partial charge in [0.15, 0.2) is 0 Å². The number of carbonyl (C=O) groups is 2. The highest BCUT2D eigenvalue weighted by atomic mass is 79.9. The molecule has 1 heterocycles. The smallest absolute Gasteiger partial charge is 0.339 e. The Hall–Kier alpha value is -2.08. The first kappa shape index (κ1) is 19.0. The lowest BCUT2D eigenvalue weighted by molar-refractivity contribution is -0.105. The van der Waals surface area contributed by atoms with Crippen LogP contribution in [-0.4, -0.2) is 35.9 Å². The van der Waals surface area contributed by atoms with E-state index in [1.807, 2.05) is 42.0 Å². The van der Waals surface area contributed by atoms with Gasteiger partial charge in [0.05, 0.1) is 24.6 Å². The van der Waals surface area contributed by atoms with Crippen molar-refractivity contribution in [3.05, 3.63) is 47.8 Å². The fraction of sp³-hybridized carbons (Fsp3) is 0.294. The van der Waals surface area contributed by atoms with Crippen LogP contribution in [0.2, 0.25) is 0 Å². The molecule has 124 valence electrons. The van der Waals surface area contributed by atoms with Crippen molar-refractivity contribution in [2.45, 2.75) is 13.8 Å². The van der Waals surface area contributed by atoms with Gasteiger partial charge in [-0.15, -0.1) is 0 Å². The molecule has 5 nitrogen and oxygen atoms in total. The summed E-state index contributed by atoms with van der Waals surface area (Å²) in [5, 5.41) is 0.451. The van der Waals surface area contributed by atoms with E-state index in [0.29, 0.717) is 17.5 Å². The number of hydrogen-bond donors (Lipinski definition) is 0. The van der Waals surface area contributed by atoms with E-state index in [2.05, 4.69) is 15.9 Å². The Morgan fingerprint density at radius 3 is 2.35 bits per heavy atom. The van der Waals surface area contributed by atoms with E-state index in [-0.39, 0.29) is 5.97 Å². The average molecular weight is 382 g/mol. The zero-order chi connectivity index (χ0) is 17.2. The maximum atomic E-state index is 11.8. The van der Waals surface area contributed by atoms with Gasteiger partial charge in [-0.2, -0.15) is 0 Å². The largest absolute Gasteiger partial charge is 0.497 e. The molecule has 6 heteroatoms. The second kappa shape index (κ2) is 9.84. The first-order valence-corrected chi connectivity index (χ1v) is 8.20. The summed E-state index contributed by atoms with van der Waals surface area (Å²) in [6.45, 7) is 4.08. The third-order valence-electron chi connectivity index (χ3n) is 3.05. The molecule has 1 aromatic carbocycles. The molecule has 0 radical (unpaired) electrons. The SMILES string of the molecule is CCOC(=O)c1ccn(-c2ccc(OC)cc2)c1C.O=CCBr. The van der Waals surface area contributed by atoms with Gasteiger partial charge in [-0.25, -0.2) is 4.79 Å². The number of carbonyl (C=O) groups excluding carboxylic acids is 2. The van der Waals surface area contributed by atoms with Gasteiger partial charge in [-0.05, 0) is 44.2 Å². The second-order valence-electron chi connectivity index (χ2n) is 4.42. The van der Waals surface area contributed by atoms with Gasteiger partial charge in [-0.1, -0.05) is 15.9 Å². The van der Waals surface area contributed by atoms with Gasteiger partial charge >= 0.3 is 5.97 Å². The molecule has 0 unspecified atom stereocenters. The number of aldehydes is 1. The molecule has 0 aliphatic heterocycles. The topological polar surface area (TPSA) is 57.5 Å². The van der Waals surface area contributed by atoms with Crippen LogP contribution in [0.1, 0.15) is 23.0 Å². The lowest BCUT2D eigenvalue weighted by atomic mass is 10.2. The summed E-state index contributed by atoms with van der Waals surface area (Å²) in [5.41, 5.74) is 2.44. The number of halogens is 1. The maximum absolute atomic E-state index is 11.8. The standard InChI is InChI=1S/C15H17NO3.C2H3BrO/c1-4-19-15(17)14-9-10-16(11(14)2)12-5-7-13(18-3)8-6-12;3-1-2-4/h5-10H,4H2,1-3H3;2H,1H2. The van der Waals surface area contributed by atoms with Crippen molar-refractivity contribution in [1.29, 1.82) is 0 Å². The van der Waals surface area contributed by atoms with Gasteiger partial charge in [0, 0.05) is 17.6 Å². The molecule has 0 saturated heterocycles. The van der Waals surface area contributed by atoms with Gasteiger partial charge in [0.2, 0.25) is 0 Å². The number of nitrogens with zero attached hydrogens (tertiary/aromatic N) is 1. The molecule has 1 aromatic heterocycles. The molecular formula is C17H20BrNO4. The van der Waals surface area contributed by atoms with Crippen molar-refractivity contribution in [2.75, 3.05) is 19.0 Å². The average Bonchev–Trinajstić information content (AvgIpc) is 2.97. The van der Waals surface area contributed by atoms with E-state index < -0.39 is 0 Å². The van der Waals surface area contributed by atoms with Gasteiger partial charge in [0.1, 0.15) is 12.0 Å². The van der Waals surface area contributed by atoms with Gasteiger partial charge < -0.3 is 18.8 Å². The van der Waals surface area contributed by atoms with E-state index in [1.54, 1.807) is 20.1 Å². The number of hydrogen-bond acceptors (Lipinski definition) is 4. The number of rotatable bonds is 5. The molecule has 0 fully saturated rings. The minimum Gasteiger partial charge on any atom is -0.497 e. The van der Waals surface area contributed by atoms with E-state index >= 15 is 0 Å². The first-order valence-electron chi connectivity index (χ1n) is 7.08. The molecule has 0 aliphatic rings. The third kappa shape index (κ3) is 5.25. The molecule has 0 amide bonds. The minimum atomic E-state index is -0.285. The fourth-order valence-corrected chi connectivity index (χ4v) is 1.96. The van der Waals surface area contributed by atoms with Crippen molar-refractivity contribution in [1.82, 2.24) is 4.57 Å². The third-order valence-corrected chi connectivity index (χ3v) is 3.31. The number of benzene rings is 1. The molecule has 0 saturated carbocycles. The normalized spacial score (nSPS) is 9.57. The van der Waals surface area contributed by atoms with Crippen LogP contribution in [0.5, 0.6) is 5.75 Å². The summed E-state index contributed by atoms with van der Waals surface area (Å²) < 4.78 is 12.1. The summed E-state index contributed by atoms with van der Waals surface area (Å²) in [5.74, 6) is 0.520. The Kier molecular flexibility index (Phi) is 8.11. The molecule has 2 aromatic rings. The molecule has 0 spiro atoms. The van der Waals surface area contributed by atoms with Crippen LogP contribution in [0.15, 0.2) is 36.5 Å². The van der Waals surface area contributed by atoms with Crippen molar-refractivity contribution in [3.63, 3.8) is 0 Å². The highest BCUT2D eigenvalue weighted by Gasteiger charge is 2.14. The quantitative estimate of drug-likeness (QED) is 0.451. The zero-order valence-corrected chi connectivity index (χ0v) is 15.0. The molecule has 23 heavy (non-hydrogen) atoms. The minimum absolute atomic E-state index is 0.285. The summed E-state index contributed by atoms with van der Waals surface area (Å²) in [6, 6.07) is 9.44. The Bertz CT molecular complexity index is 635. The molecule has 0 atom stereocenters. The van der Waals surface area contributed by atoms with E-state index in [4.69, 9.17) is 14.3 Å². The molecule has 0 bridgehead atoms. The second-order valence-corrected chi connectivity index (χ2v) is 5.07. The molecule has 2 rings (SSSR count). The number of ether oxygens (including phenoxy) is 2. The van der Waals surface area contributed by atoms with Crippen molar-refractivity contribution in [3.8, 4) is 11.4 Å². The van der Waals surface area contributed by atoms with Gasteiger partial charge in [0.25, 0.3) is 0 Å². The predicted molar refractivity (Wildman–Crippen MR) is 92.9 cm³/mol. The Labute approximate surface area is 144 Å². The summed E-state index contributed by atoms with van der Waals surface area (Å²) in [7, 11) is 1.63. The van der Waals surface area contributed by atoms with Crippen LogP contribution in [-0.2, 0) is 9.53 Å². The monoisotopic (exact) mass is 381 g/mol. The van der Waals surface area contributed by atoms with E-state index in [1.165, 1.54) is 0 Å². The number of aromatic nitrogens is 1. The fourth-order valence-electron chi connectivity index (χ4n) is 1.96. The Morgan fingerprint density at radius 2 is 1.87 bits per heavy atom. The molecule has 0 aliphatic carbocycles. The number of esters is 1. The van der Waals surface area contributed by atoms with Crippen LogP contribution in [0.4, 0.5) is 0 Å². The van der Waals surface area contributed by atoms with Crippen LogP contribution in [0.3, 0.4) is 0 Å². The molecular weight excluding hydrogens is 362 g/mol. The summed E-state index contributed by atoms with van der Waals surface area (Å²) in [4.78, 5) is 20.9. The Morgan fingerprint density at radius 1 is 1.26 bits per heavy atom. The van der Waals surface area contributed by atoms with E-state index in [9.17, 15) is 4.79 Å². The first-order chi connectivity index (χ1) is 11.1. The van der Waals surface area contributed by atoms with Crippen LogP contribution < -0.4 is 4.74 Å². The molecule has 0 N–H and O–H groups in total. The van der Waals surface area contributed by atoms with E-state index in [0.717, 1.165) is 23.4 Å². The summed E-state index contributed by atoms with van der Waals surface area (Å²) >= 11 is 2.88. The van der Waals surface area contributed by atoms with Crippen LogP contribution >= 0.6 is 15.9 Å². The van der Waals surface area contributed by atoms with Gasteiger partial charge in [-0.3, -0.25) is 0 Å². The maximum Gasteiger partial charge on any atom is 0.339 e. The van der Waals surface area contributed by atoms with Crippen molar-refractivity contribution in [2.24, 2.45) is 0 Å². The van der Waals surface area contributed by atoms with Crippen LogP contribution in [0.25, 0.3) is 5.69 Å². The lowest BCUT2D eigenvalue weighted by Gasteiger charge is -2.08. The number of alkyl halides is 1. The van der Waals surface area contributed by atoms with Crippen molar-refractivity contribution < 1.29 is 19.1 Å². The highest BCUT2D eigenvalue weighted by Crippen LogP contribution is 2.20. The summed E-state index contributed by atoms with van der Waals surface area (Å²) in [6.07, 6.45) is 2.66. The van der Waals surface area contributed by atoms with Crippen molar-refractivity contribution >= 4 is 28.2 Å². The number of methoxy groups -OCH3 is 1. The zero-order valence-electron chi connectivity index (χ0n) is 13.4. The Balaban J connectivity index is 0.000000593. The van der Waals surface area contributed by atoms with Crippen LogP contribution in [0, 0.1) is 6.92 Å². The lowest BCUT2D eigenvalue weighted by Crippen LogP contribution is -2.06. The highest BCUT2D eigenvalue weighted by molar-refractivity contribution is 9.09.